The number of likely N-dealkylation sites (tertiary alicyclic amines) is 1. The van der Waals surface area contributed by atoms with E-state index in [9.17, 15) is 9.59 Å². The molecule has 3 aromatic rings. The zero-order valence-electron chi connectivity index (χ0n) is 17.9. The summed E-state index contributed by atoms with van der Waals surface area (Å²) in [6, 6.07) is 11.7. The van der Waals surface area contributed by atoms with Crippen LogP contribution in [-0.4, -0.2) is 45.8 Å². The van der Waals surface area contributed by atoms with Crippen molar-refractivity contribution in [2.45, 2.75) is 31.8 Å². The third-order valence-corrected chi connectivity index (χ3v) is 6.22. The van der Waals surface area contributed by atoms with Gasteiger partial charge in [0, 0.05) is 43.9 Å². The van der Waals surface area contributed by atoms with E-state index in [2.05, 4.69) is 17.0 Å². The number of ether oxygens (including phenoxy) is 1. The van der Waals surface area contributed by atoms with E-state index < -0.39 is 0 Å². The highest BCUT2D eigenvalue weighted by Gasteiger charge is 2.23. The van der Waals surface area contributed by atoms with Crippen molar-refractivity contribution in [3.05, 3.63) is 73.5 Å². The maximum atomic E-state index is 12.7. The van der Waals surface area contributed by atoms with E-state index in [0.717, 1.165) is 47.8 Å². The van der Waals surface area contributed by atoms with Crippen molar-refractivity contribution in [3.63, 3.8) is 0 Å². The van der Waals surface area contributed by atoms with Crippen molar-refractivity contribution >= 4 is 22.6 Å². The number of halogens is 1. The van der Waals surface area contributed by atoms with E-state index in [1.54, 1.807) is 13.2 Å². The lowest BCUT2D eigenvalue weighted by Crippen LogP contribution is -2.39. The van der Waals surface area contributed by atoms with E-state index in [1.807, 2.05) is 18.2 Å². The fraction of sp³-hybridized carbons (Fsp3) is 0.435. The summed E-state index contributed by atoms with van der Waals surface area (Å²) < 4.78 is 7.83. The molecule has 1 aliphatic rings. The van der Waals surface area contributed by atoms with Crippen LogP contribution in [-0.2, 0) is 24.9 Å². The Morgan fingerprint density at radius 2 is 1.94 bits per heavy atom. The first-order chi connectivity index (χ1) is 15.0. The van der Waals surface area contributed by atoms with Crippen molar-refractivity contribution in [3.8, 4) is 0 Å². The maximum Gasteiger partial charge on any atom is 0.332 e. The van der Waals surface area contributed by atoms with Crippen LogP contribution in [0.25, 0.3) is 11.0 Å². The SMILES string of the molecule is COCCn1c(=O)n(C)c(=O)c2ccc(C3CCCN(Cc4ccc(Cl)cc4)C3)nc21. The fourth-order valence-electron chi connectivity index (χ4n) is 4.27. The summed E-state index contributed by atoms with van der Waals surface area (Å²) in [7, 11) is 3.09. The molecule has 1 aliphatic heterocycles. The Kier molecular flexibility index (Phi) is 6.55. The molecule has 0 radical (unpaired) electrons. The van der Waals surface area contributed by atoms with Crippen LogP contribution >= 0.6 is 11.6 Å². The Labute approximate surface area is 185 Å². The summed E-state index contributed by atoms with van der Waals surface area (Å²) in [5.74, 6) is 0.250. The van der Waals surface area contributed by atoms with Crippen molar-refractivity contribution in [1.82, 2.24) is 19.0 Å². The van der Waals surface area contributed by atoms with Crippen LogP contribution in [0.5, 0.6) is 0 Å². The third-order valence-electron chi connectivity index (χ3n) is 5.97. The number of methoxy groups -OCH3 is 1. The number of hydrogen-bond donors (Lipinski definition) is 0. The van der Waals surface area contributed by atoms with E-state index >= 15 is 0 Å². The summed E-state index contributed by atoms with van der Waals surface area (Å²) in [5, 5.41) is 1.20. The first kappa shape index (κ1) is 21.7. The van der Waals surface area contributed by atoms with Crippen LogP contribution in [0.15, 0.2) is 46.0 Å². The summed E-state index contributed by atoms with van der Waals surface area (Å²) >= 11 is 6.00. The quantitative estimate of drug-likeness (QED) is 0.587. The molecule has 0 amide bonds. The number of rotatable bonds is 6. The van der Waals surface area contributed by atoms with Gasteiger partial charge in [-0.25, -0.2) is 9.78 Å². The Hall–Kier alpha value is -2.48. The molecule has 7 nitrogen and oxygen atoms in total. The average molecular weight is 443 g/mol. The van der Waals surface area contributed by atoms with Gasteiger partial charge in [0.15, 0.2) is 0 Å². The second-order valence-electron chi connectivity index (χ2n) is 8.10. The van der Waals surface area contributed by atoms with E-state index in [1.165, 1.54) is 17.2 Å². The molecule has 164 valence electrons. The second-order valence-corrected chi connectivity index (χ2v) is 8.54. The minimum atomic E-state index is -0.368. The highest BCUT2D eigenvalue weighted by molar-refractivity contribution is 6.30. The van der Waals surface area contributed by atoms with Gasteiger partial charge in [-0.3, -0.25) is 18.8 Å². The predicted molar refractivity (Wildman–Crippen MR) is 122 cm³/mol. The molecule has 1 aromatic carbocycles. The van der Waals surface area contributed by atoms with Crippen LogP contribution in [0.4, 0.5) is 0 Å². The Balaban J connectivity index is 1.64. The lowest BCUT2D eigenvalue weighted by atomic mass is 9.93. The van der Waals surface area contributed by atoms with Gasteiger partial charge in [-0.05, 0) is 49.2 Å². The monoisotopic (exact) mass is 442 g/mol. The van der Waals surface area contributed by atoms with Gasteiger partial charge in [-0.15, -0.1) is 0 Å². The van der Waals surface area contributed by atoms with Crippen molar-refractivity contribution < 1.29 is 4.74 Å². The van der Waals surface area contributed by atoms with Gasteiger partial charge in [0.2, 0.25) is 0 Å². The van der Waals surface area contributed by atoms with E-state index in [-0.39, 0.29) is 17.2 Å². The predicted octanol–water partition coefficient (Wildman–Crippen LogP) is 2.77. The normalized spacial score (nSPS) is 17.3. The molecule has 1 atom stereocenters. The number of nitrogens with zero attached hydrogens (tertiary/aromatic N) is 4. The summed E-state index contributed by atoms with van der Waals surface area (Å²) in [6.07, 6.45) is 2.10. The summed E-state index contributed by atoms with van der Waals surface area (Å²) in [4.78, 5) is 32.5. The second kappa shape index (κ2) is 9.34. The molecule has 0 saturated carbocycles. The van der Waals surface area contributed by atoms with E-state index in [0.29, 0.717) is 24.2 Å². The highest BCUT2D eigenvalue weighted by Crippen LogP contribution is 2.27. The van der Waals surface area contributed by atoms with Crippen molar-refractivity contribution in [2.24, 2.45) is 7.05 Å². The zero-order chi connectivity index (χ0) is 22.0. The smallest absolute Gasteiger partial charge is 0.332 e. The van der Waals surface area contributed by atoms with Gasteiger partial charge in [-0.2, -0.15) is 0 Å². The standard InChI is InChI=1S/C23H27ClN4O3/c1-26-22(29)19-9-10-20(25-21(19)28(23(26)30)12-13-31-2)17-4-3-11-27(15-17)14-16-5-7-18(24)8-6-16/h5-10,17H,3-4,11-15H2,1-2H3. The summed E-state index contributed by atoms with van der Waals surface area (Å²) in [5.41, 5.74) is 1.91. The highest BCUT2D eigenvalue weighted by atomic mass is 35.5. The van der Waals surface area contributed by atoms with E-state index in [4.69, 9.17) is 21.3 Å². The van der Waals surface area contributed by atoms with Crippen molar-refractivity contribution in [1.29, 1.82) is 0 Å². The zero-order valence-corrected chi connectivity index (χ0v) is 18.6. The minimum Gasteiger partial charge on any atom is -0.383 e. The van der Waals surface area contributed by atoms with Gasteiger partial charge in [0.25, 0.3) is 5.56 Å². The first-order valence-corrected chi connectivity index (χ1v) is 10.9. The van der Waals surface area contributed by atoms with Gasteiger partial charge >= 0.3 is 5.69 Å². The number of pyridine rings is 1. The number of fused-ring (bicyclic) bond motifs is 1. The lowest BCUT2D eigenvalue weighted by molar-refractivity contribution is 0.186. The molecule has 1 unspecified atom stereocenters. The number of hydrogen-bond acceptors (Lipinski definition) is 5. The topological polar surface area (TPSA) is 69.4 Å². The number of piperidine rings is 1. The average Bonchev–Trinajstić information content (AvgIpc) is 2.79. The Morgan fingerprint density at radius 1 is 1.16 bits per heavy atom. The van der Waals surface area contributed by atoms with Crippen LogP contribution in [0.2, 0.25) is 5.02 Å². The molecule has 4 rings (SSSR count). The maximum absolute atomic E-state index is 12.7. The van der Waals surface area contributed by atoms with Gasteiger partial charge < -0.3 is 4.74 Å². The van der Waals surface area contributed by atoms with Gasteiger partial charge in [0.05, 0.1) is 18.5 Å². The molecule has 0 aliphatic carbocycles. The third kappa shape index (κ3) is 4.59. The van der Waals surface area contributed by atoms with Crippen LogP contribution < -0.4 is 11.2 Å². The van der Waals surface area contributed by atoms with Crippen molar-refractivity contribution in [2.75, 3.05) is 26.8 Å². The molecule has 31 heavy (non-hydrogen) atoms. The molecular weight excluding hydrogens is 416 g/mol. The molecule has 1 saturated heterocycles. The number of benzene rings is 1. The molecule has 3 heterocycles. The largest absolute Gasteiger partial charge is 0.383 e. The molecular formula is C23H27ClN4O3. The molecule has 0 bridgehead atoms. The lowest BCUT2D eigenvalue weighted by Gasteiger charge is -2.32. The molecule has 1 fully saturated rings. The number of aromatic nitrogens is 3. The Bertz CT molecular complexity index is 1190. The molecule has 2 aromatic heterocycles. The Morgan fingerprint density at radius 3 is 2.68 bits per heavy atom. The van der Waals surface area contributed by atoms with Gasteiger partial charge in [0.1, 0.15) is 5.65 Å². The van der Waals surface area contributed by atoms with Crippen LogP contribution in [0, 0.1) is 0 Å². The minimum absolute atomic E-state index is 0.250. The van der Waals surface area contributed by atoms with Gasteiger partial charge in [-0.1, -0.05) is 23.7 Å². The fourth-order valence-corrected chi connectivity index (χ4v) is 4.40. The summed E-state index contributed by atoms with van der Waals surface area (Å²) in [6.45, 7) is 3.50. The first-order valence-electron chi connectivity index (χ1n) is 10.5. The molecule has 8 heteroatoms. The van der Waals surface area contributed by atoms with Crippen LogP contribution in [0.3, 0.4) is 0 Å². The molecule has 0 spiro atoms. The molecule has 0 N–H and O–H groups in total. The van der Waals surface area contributed by atoms with Crippen LogP contribution in [0.1, 0.15) is 30.0 Å².